The molecule has 4 rings (SSSR count). The second-order valence-electron chi connectivity index (χ2n) is 6.86. The van der Waals surface area contributed by atoms with Gasteiger partial charge in [-0.1, -0.05) is 26.7 Å². The largest absolute Gasteiger partial charge is 0.479 e. The average Bonchev–Trinajstić information content (AvgIpc) is 3.34. The Morgan fingerprint density at radius 3 is 2.71 bits per heavy atom. The zero-order valence-corrected chi connectivity index (χ0v) is 16.5. The zero-order valence-electron chi connectivity index (χ0n) is 16.5. The fraction of sp³-hybridized carbons (Fsp3) is 0.400. The lowest BCUT2D eigenvalue weighted by Gasteiger charge is -2.18. The summed E-state index contributed by atoms with van der Waals surface area (Å²) in [6.07, 6.45) is 13.7. The smallest absolute Gasteiger partial charge is 0.244 e. The number of hydrogen-bond donors (Lipinski definition) is 1. The number of anilines is 1. The van der Waals surface area contributed by atoms with Crippen molar-refractivity contribution in [2.45, 2.75) is 45.6 Å². The molecule has 0 aliphatic rings. The number of fused-ring (bicyclic) bond motifs is 2. The Labute approximate surface area is 163 Å². The molecule has 0 amide bonds. The van der Waals surface area contributed by atoms with E-state index in [4.69, 9.17) is 4.74 Å². The third kappa shape index (κ3) is 3.37. The molecule has 0 aliphatic carbocycles. The maximum atomic E-state index is 5.61. The van der Waals surface area contributed by atoms with Gasteiger partial charge in [0.25, 0.3) is 0 Å². The maximum Gasteiger partial charge on any atom is 0.244 e. The summed E-state index contributed by atoms with van der Waals surface area (Å²) >= 11 is 0. The molecule has 0 aromatic carbocycles. The quantitative estimate of drug-likeness (QED) is 0.501. The summed E-state index contributed by atoms with van der Waals surface area (Å²) in [5.74, 6) is 1.79. The van der Waals surface area contributed by atoms with E-state index in [9.17, 15) is 0 Å². The SMILES string of the molecule is CCCC(CCC)Nc1nc(OC)c2c(-c3cnc4nccn4c3)ccn2n1. The van der Waals surface area contributed by atoms with Crippen LogP contribution in [0.5, 0.6) is 5.88 Å². The molecule has 8 nitrogen and oxygen atoms in total. The van der Waals surface area contributed by atoms with Crippen molar-refractivity contribution in [3.8, 4) is 17.0 Å². The molecule has 4 aromatic rings. The Bertz CT molecular complexity index is 1080. The number of hydrogen-bond acceptors (Lipinski definition) is 6. The molecule has 0 radical (unpaired) electrons. The van der Waals surface area contributed by atoms with E-state index in [1.807, 2.05) is 39.8 Å². The van der Waals surface area contributed by atoms with E-state index >= 15 is 0 Å². The number of aromatic nitrogens is 6. The van der Waals surface area contributed by atoms with E-state index in [0.29, 0.717) is 23.6 Å². The second kappa shape index (κ2) is 7.84. The third-order valence-corrected chi connectivity index (χ3v) is 4.84. The molecule has 0 unspecified atom stereocenters. The van der Waals surface area contributed by atoms with Gasteiger partial charge < -0.3 is 10.1 Å². The van der Waals surface area contributed by atoms with Crippen molar-refractivity contribution in [3.05, 3.63) is 37.1 Å². The van der Waals surface area contributed by atoms with E-state index in [2.05, 4.69) is 39.2 Å². The molecule has 8 heteroatoms. The summed E-state index contributed by atoms with van der Waals surface area (Å²) < 4.78 is 9.32. The minimum Gasteiger partial charge on any atom is -0.479 e. The lowest BCUT2D eigenvalue weighted by molar-refractivity contribution is 0.399. The van der Waals surface area contributed by atoms with Crippen molar-refractivity contribution in [2.24, 2.45) is 0 Å². The van der Waals surface area contributed by atoms with Gasteiger partial charge in [0.05, 0.1) is 7.11 Å². The van der Waals surface area contributed by atoms with Crippen molar-refractivity contribution in [1.29, 1.82) is 0 Å². The van der Waals surface area contributed by atoms with E-state index in [-0.39, 0.29) is 0 Å². The van der Waals surface area contributed by atoms with E-state index in [0.717, 1.165) is 42.3 Å². The third-order valence-electron chi connectivity index (χ3n) is 4.84. The fourth-order valence-corrected chi connectivity index (χ4v) is 3.55. The highest BCUT2D eigenvalue weighted by molar-refractivity contribution is 5.84. The van der Waals surface area contributed by atoms with Crippen molar-refractivity contribution in [3.63, 3.8) is 0 Å². The van der Waals surface area contributed by atoms with Crippen LogP contribution in [0.3, 0.4) is 0 Å². The molecule has 146 valence electrons. The van der Waals surface area contributed by atoms with Gasteiger partial charge in [0.1, 0.15) is 5.52 Å². The molecule has 0 aliphatic heterocycles. The zero-order chi connectivity index (χ0) is 19.5. The Morgan fingerprint density at radius 2 is 1.96 bits per heavy atom. The number of imidazole rings is 1. The minimum atomic E-state index is 0.361. The van der Waals surface area contributed by atoms with Gasteiger partial charge in [-0.15, -0.1) is 5.10 Å². The van der Waals surface area contributed by atoms with Crippen LogP contribution in [0, 0.1) is 0 Å². The van der Waals surface area contributed by atoms with Crippen LogP contribution in [0.2, 0.25) is 0 Å². The standard InChI is InChI=1S/C20H25N7O/c1-4-6-15(7-5-2)23-19-24-18(28-3)17-16(8-10-27(17)25-19)14-12-22-20-21-9-11-26(20)13-14/h8-13,15H,4-7H2,1-3H3,(H,23,25). The van der Waals surface area contributed by atoms with Crippen LogP contribution in [0.15, 0.2) is 37.1 Å². The lowest BCUT2D eigenvalue weighted by atomic mass is 10.1. The van der Waals surface area contributed by atoms with Crippen molar-refractivity contribution in [1.82, 2.24) is 29.0 Å². The van der Waals surface area contributed by atoms with Crippen LogP contribution in [0.25, 0.3) is 22.4 Å². The Hall–Kier alpha value is -3.16. The number of ether oxygens (including phenoxy) is 1. The molecule has 0 spiro atoms. The van der Waals surface area contributed by atoms with Crippen LogP contribution in [-0.4, -0.2) is 42.1 Å². The first kappa shape index (κ1) is 18.2. The van der Waals surface area contributed by atoms with Gasteiger partial charge in [0.2, 0.25) is 17.6 Å². The summed E-state index contributed by atoms with van der Waals surface area (Å²) in [4.78, 5) is 13.2. The molecule has 4 aromatic heterocycles. The molecular formula is C20H25N7O. The van der Waals surface area contributed by atoms with Gasteiger partial charge >= 0.3 is 0 Å². The number of nitrogens with one attached hydrogen (secondary N) is 1. The minimum absolute atomic E-state index is 0.361. The number of methoxy groups -OCH3 is 1. The lowest BCUT2D eigenvalue weighted by Crippen LogP contribution is -2.21. The number of rotatable bonds is 8. The molecule has 0 saturated heterocycles. The van der Waals surface area contributed by atoms with Gasteiger partial charge in [-0.3, -0.25) is 4.40 Å². The molecular weight excluding hydrogens is 354 g/mol. The van der Waals surface area contributed by atoms with Gasteiger partial charge in [0, 0.05) is 48.2 Å². The Balaban J connectivity index is 1.74. The maximum absolute atomic E-state index is 5.61. The predicted octanol–water partition coefficient (Wildman–Crippen LogP) is 3.83. The summed E-state index contributed by atoms with van der Waals surface area (Å²) in [5, 5.41) is 8.13. The van der Waals surface area contributed by atoms with Gasteiger partial charge in [0.15, 0.2) is 0 Å². The Morgan fingerprint density at radius 1 is 1.14 bits per heavy atom. The van der Waals surface area contributed by atoms with Crippen LogP contribution in [0.1, 0.15) is 39.5 Å². The second-order valence-corrected chi connectivity index (χ2v) is 6.86. The molecule has 1 N–H and O–H groups in total. The van der Waals surface area contributed by atoms with E-state index in [1.54, 1.807) is 13.3 Å². The number of nitrogens with zero attached hydrogens (tertiary/aromatic N) is 6. The van der Waals surface area contributed by atoms with Crippen LogP contribution < -0.4 is 10.1 Å². The van der Waals surface area contributed by atoms with Crippen molar-refractivity contribution < 1.29 is 4.74 Å². The first-order valence-electron chi connectivity index (χ1n) is 9.72. The molecule has 4 heterocycles. The monoisotopic (exact) mass is 379 g/mol. The van der Waals surface area contributed by atoms with Crippen molar-refractivity contribution >= 4 is 17.2 Å². The van der Waals surface area contributed by atoms with Gasteiger partial charge in [-0.2, -0.15) is 4.98 Å². The summed E-state index contributed by atoms with van der Waals surface area (Å²) in [6, 6.07) is 2.37. The molecule has 28 heavy (non-hydrogen) atoms. The highest BCUT2D eigenvalue weighted by Crippen LogP contribution is 2.31. The van der Waals surface area contributed by atoms with Crippen LogP contribution in [0.4, 0.5) is 5.95 Å². The topological polar surface area (TPSA) is 81.6 Å². The molecule has 0 saturated carbocycles. The molecule has 0 bridgehead atoms. The van der Waals surface area contributed by atoms with Crippen LogP contribution >= 0.6 is 0 Å². The van der Waals surface area contributed by atoms with Gasteiger partial charge in [-0.25, -0.2) is 14.5 Å². The van der Waals surface area contributed by atoms with E-state index < -0.39 is 0 Å². The normalized spacial score (nSPS) is 11.6. The first-order chi connectivity index (χ1) is 13.7. The summed E-state index contributed by atoms with van der Waals surface area (Å²) in [7, 11) is 1.63. The summed E-state index contributed by atoms with van der Waals surface area (Å²) in [5.41, 5.74) is 2.73. The van der Waals surface area contributed by atoms with Crippen molar-refractivity contribution in [2.75, 3.05) is 12.4 Å². The van der Waals surface area contributed by atoms with E-state index in [1.165, 1.54) is 0 Å². The average molecular weight is 379 g/mol. The predicted molar refractivity (Wildman–Crippen MR) is 109 cm³/mol. The molecule has 0 fully saturated rings. The Kier molecular flexibility index (Phi) is 5.10. The summed E-state index contributed by atoms with van der Waals surface area (Å²) in [6.45, 7) is 4.39. The highest BCUT2D eigenvalue weighted by atomic mass is 16.5. The first-order valence-corrected chi connectivity index (χ1v) is 9.72. The van der Waals surface area contributed by atoms with Gasteiger partial charge in [-0.05, 0) is 18.9 Å². The molecule has 0 atom stereocenters. The fourth-order valence-electron chi connectivity index (χ4n) is 3.55. The van der Waals surface area contributed by atoms with Crippen LogP contribution in [-0.2, 0) is 0 Å². The highest BCUT2D eigenvalue weighted by Gasteiger charge is 2.17.